The third kappa shape index (κ3) is 3.05. The summed E-state index contributed by atoms with van der Waals surface area (Å²) in [6.45, 7) is 2.12. The highest BCUT2D eigenvalue weighted by Gasteiger charge is 2.38. The molecule has 17 heavy (non-hydrogen) atoms. The van der Waals surface area contributed by atoms with Gasteiger partial charge in [-0.2, -0.15) is 0 Å². The number of pyridine rings is 1. The molecule has 0 atom stereocenters. The molecule has 94 valence electrons. The van der Waals surface area contributed by atoms with Crippen molar-refractivity contribution in [3.63, 3.8) is 0 Å². The molecule has 2 rings (SSSR count). The van der Waals surface area contributed by atoms with Crippen molar-refractivity contribution in [1.29, 1.82) is 0 Å². The molecule has 3 heteroatoms. The van der Waals surface area contributed by atoms with Gasteiger partial charge in [0, 0.05) is 36.9 Å². The molecular formula is C14H23N3. The van der Waals surface area contributed by atoms with Gasteiger partial charge in [0.1, 0.15) is 0 Å². The molecule has 1 aliphatic carbocycles. The van der Waals surface area contributed by atoms with E-state index in [0.29, 0.717) is 5.54 Å². The van der Waals surface area contributed by atoms with E-state index in [4.69, 9.17) is 0 Å². The Morgan fingerprint density at radius 2 is 2.18 bits per heavy atom. The average Bonchev–Trinajstić information content (AvgIpc) is 2.27. The fraction of sp³-hybridized carbons (Fsp3) is 0.643. The summed E-state index contributed by atoms with van der Waals surface area (Å²) in [5.74, 6) is 0. The summed E-state index contributed by atoms with van der Waals surface area (Å²) in [7, 11) is 4.39. The molecular weight excluding hydrogens is 210 g/mol. The van der Waals surface area contributed by atoms with Crippen LogP contribution in [-0.4, -0.2) is 42.6 Å². The van der Waals surface area contributed by atoms with Gasteiger partial charge in [0.25, 0.3) is 0 Å². The van der Waals surface area contributed by atoms with E-state index in [1.165, 1.54) is 25.0 Å². The van der Waals surface area contributed by atoms with Gasteiger partial charge < -0.3 is 10.2 Å². The number of aromatic nitrogens is 1. The van der Waals surface area contributed by atoms with Gasteiger partial charge in [0.2, 0.25) is 0 Å². The quantitative estimate of drug-likeness (QED) is 0.758. The molecule has 0 unspecified atom stereocenters. The molecule has 1 aromatic rings. The van der Waals surface area contributed by atoms with E-state index in [9.17, 15) is 0 Å². The smallest absolute Gasteiger partial charge is 0.0416 e. The van der Waals surface area contributed by atoms with Gasteiger partial charge in [-0.05, 0) is 45.5 Å². The minimum atomic E-state index is 0.421. The van der Waals surface area contributed by atoms with Crippen molar-refractivity contribution in [3.8, 4) is 0 Å². The standard InChI is InChI=1S/C14H23N3/c1-17(2)14(8-5-9-14)12-15-11-7-13-6-3-4-10-16-13/h3-4,6,10,15H,5,7-9,11-12H2,1-2H3. The third-order valence-electron chi connectivity index (χ3n) is 3.97. The van der Waals surface area contributed by atoms with Gasteiger partial charge in [0.15, 0.2) is 0 Å². The van der Waals surface area contributed by atoms with Gasteiger partial charge in [-0.1, -0.05) is 6.07 Å². The second kappa shape index (κ2) is 5.61. The molecule has 1 saturated carbocycles. The second-order valence-electron chi connectivity index (χ2n) is 5.22. The number of hydrogen-bond donors (Lipinski definition) is 1. The second-order valence-corrected chi connectivity index (χ2v) is 5.22. The molecule has 0 radical (unpaired) electrons. The maximum atomic E-state index is 4.33. The number of nitrogens with one attached hydrogen (secondary N) is 1. The van der Waals surface area contributed by atoms with Crippen molar-refractivity contribution in [2.24, 2.45) is 0 Å². The van der Waals surface area contributed by atoms with E-state index in [1.54, 1.807) is 0 Å². The highest BCUT2D eigenvalue weighted by molar-refractivity contribution is 5.04. The van der Waals surface area contributed by atoms with Crippen molar-refractivity contribution >= 4 is 0 Å². The van der Waals surface area contributed by atoms with Crippen LogP contribution in [0.25, 0.3) is 0 Å². The first-order valence-electron chi connectivity index (χ1n) is 6.51. The zero-order chi connectivity index (χ0) is 12.1. The topological polar surface area (TPSA) is 28.2 Å². The van der Waals surface area contributed by atoms with Crippen molar-refractivity contribution in [2.75, 3.05) is 27.2 Å². The minimum absolute atomic E-state index is 0.421. The first-order chi connectivity index (χ1) is 8.23. The van der Waals surface area contributed by atoms with Gasteiger partial charge in [-0.3, -0.25) is 4.98 Å². The van der Waals surface area contributed by atoms with Gasteiger partial charge in [-0.25, -0.2) is 0 Å². The number of nitrogens with zero attached hydrogens (tertiary/aromatic N) is 2. The highest BCUT2D eigenvalue weighted by Crippen LogP contribution is 2.35. The number of rotatable bonds is 6. The van der Waals surface area contributed by atoms with Gasteiger partial charge >= 0.3 is 0 Å². The summed E-state index contributed by atoms with van der Waals surface area (Å²) in [6.07, 6.45) is 6.92. The number of likely N-dealkylation sites (N-methyl/N-ethyl adjacent to an activating group) is 1. The SMILES string of the molecule is CN(C)C1(CNCCc2ccccn2)CCC1. The third-order valence-corrected chi connectivity index (χ3v) is 3.97. The Balaban J connectivity index is 1.69. The summed E-state index contributed by atoms with van der Waals surface area (Å²) < 4.78 is 0. The summed E-state index contributed by atoms with van der Waals surface area (Å²) in [6, 6.07) is 6.11. The van der Waals surface area contributed by atoms with Gasteiger partial charge in [0.05, 0.1) is 0 Å². The lowest BCUT2D eigenvalue weighted by Gasteiger charge is -2.47. The molecule has 0 aromatic carbocycles. The van der Waals surface area contributed by atoms with Crippen LogP contribution in [0.3, 0.4) is 0 Å². The Kier molecular flexibility index (Phi) is 4.13. The monoisotopic (exact) mass is 233 g/mol. The molecule has 1 aliphatic rings. The van der Waals surface area contributed by atoms with Crippen LogP contribution in [0.15, 0.2) is 24.4 Å². The molecule has 0 spiro atoms. The van der Waals surface area contributed by atoms with Crippen LogP contribution in [0.2, 0.25) is 0 Å². The Bertz CT molecular complexity index is 331. The van der Waals surface area contributed by atoms with Crippen LogP contribution in [0.4, 0.5) is 0 Å². The largest absolute Gasteiger partial charge is 0.315 e. The molecule has 0 saturated heterocycles. The molecule has 1 fully saturated rings. The summed E-state index contributed by atoms with van der Waals surface area (Å²) in [5.41, 5.74) is 1.59. The van der Waals surface area contributed by atoms with Crippen LogP contribution in [0.1, 0.15) is 25.0 Å². The fourth-order valence-corrected chi connectivity index (χ4v) is 2.45. The number of hydrogen-bond acceptors (Lipinski definition) is 3. The lowest BCUT2D eigenvalue weighted by atomic mass is 9.75. The summed E-state index contributed by atoms with van der Waals surface area (Å²) in [4.78, 5) is 6.71. The van der Waals surface area contributed by atoms with E-state index in [0.717, 1.165) is 19.5 Å². The molecule has 1 aromatic heterocycles. The fourth-order valence-electron chi connectivity index (χ4n) is 2.45. The van der Waals surface area contributed by atoms with Crippen molar-refractivity contribution in [2.45, 2.75) is 31.2 Å². The molecule has 1 heterocycles. The van der Waals surface area contributed by atoms with Crippen LogP contribution in [-0.2, 0) is 6.42 Å². The summed E-state index contributed by atoms with van der Waals surface area (Å²) >= 11 is 0. The maximum absolute atomic E-state index is 4.33. The van der Waals surface area contributed by atoms with E-state index in [-0.39, 0.29) is 0 Å². The maximum Gasteiger partial charge on any atom is 0.0416 e. The predicted molar refractivity (Wildman–Crippen MR) is 71.1 cm³/mol. The van der Waals surface area contributed by atoms with Crippen molar-refractivity contribution in [1.82, 2.24) is 15.2 Å². The molecule has 3 nitrogen and oxygen atoms in total. The van der Waals surface area contributed by atoms with Crippen LogP contribution >= 0.6 is 0 Å². The molecule has 0 aliphatic heterocycles. The van der Waals surface area contributed by atoms with E-state index < -0.39 is 0 Å². The van der Waals surface area contributed by atoms with E-state index in [1.807, 2.05) is 12.3 Å². The lowest BCUT2D eigenvalue weighted by Crippen LogP contribution is -2.56. The zero-order valence-corrected chi connectivity index (χ0v) is 10.9. The molecule has 1 N–H and O–H groups in total. The van der Waals surface area contributed by atoms with Crippen LogP contribution in [0.5, 0.6) is 0 Å². The van der Waals surface area contributed by atoms with E-state index >= 15 is 0 Å². The average molecular weight is 233 g/mol. The highest BCUT2D eigenvalue weighted by atomic mass is 15.2. The minimum Gasteiger partial charge on any atom is -0.315 e. The predicted octanol–water partition coefficient (Wildman–Crippen LogP) is 1.70. The zero-order valence-electron chi connectivity index (χ0n) is 10.9. The Morgan fingerprint density at radius 1 is 1.35 bits per heavy atom. The lowest BCUT2D eigenvalue weighted by molar-refractivity contribution is 0.0604. The Hall–Kier alpha value is -0.930. The Morgan fingerprint density at radius 3 is 2.71 bits per heavy atom. The molecule has 0 amide bonds. The van der Waals surface area contributed by atoms with E-state index in [2.05, 4.69) is 41.4 Å². The molecule has 0 bridgehead atoms. The van der Waals surface area contributed by atoms with Gasteiger partial charge in [-0.15, -0.1) is 0 Å². The van der Waals surface area contributed by atoms with Crippen LogP contribution in [0, 0.1) is 0 Å². The first-order valence-corrected chi connectivity index (χ1v) is 6.51. The summed E-state index contributed by atoms with van der Waals surface area (Å²) in [5, 5.41) is 3.58. The Labute approximate surface area is 104 Å². The van der Waals surface area contributed by atoms with Crippen LogP contribution < -0.4 is 5.32 Å². The normalized spacial score (nSPS) is 18.1. The van der Waals surface area contributed by atoms with Crippen molar-refractivity contribution in [3.05, 3.63) is 30.1 Å². The van der Waals surface area contributed by atoms with Crippen molar-refractivity contribution < 1.29 is 0 Å². The first kappa shape index (κ1) is 12.5.